The lowest BCUT2D eigenvalue weighted by Crippen LogP contribution is -2.45. The Balaban J connectivity index is 1.55. The molecule has 5 nitrogen and oxygen atoms in total. The first kappa shape index (κ1) is 19.1. The van der Waals surface area contributed by atoms with Crippen molar-refractivity contribution in [3.8, 4) is 0 Å². The van der Waals surface area contributed by atoms with Crippen molar-refractivity contribution >= 4 is 27.3 Å². The molecule has 140 valence electrons. The van der Waals surface area contributed by atoms with Crippen LogP contribution < -0.4 is 5.32 Å². The first-order valence-corrected chi connectivity index (χ1v) is 11.2. The molecule has 1 aromatic heterocycles. The van der Waals surface area contributed by atoms with E-state index in [0.717, 1.165) is 12.8 Å². The summed E-state index contributed by atoms with van der Waals surface area (Å²) in [5, 5.41) is 4.73. The molecular weight excluding hydrogens is 368 g/mol. The number of nitrogens with one attached hydrogen (secondary N) is 1. The number of nitrogens with zero attached hydrogens (tertiary/aromatic N) is 1. The molecule has 26 heavy (non-hydrogen) atoms. The minimum atomic E-state index is -3.48. The third-order valence-corrected chi connectivity index (χ3v) is 7.88. The predicted molar refractivity (Wildman–Crippen MR) is 104 cm³/mol. The Morgan fingerprint density at radius 3 is 2.88 bits per heavy atom. The van der Waals surface area contributed by atoms with E-state index >= 15 is 0 Å². The first-order valence-electron chi connectivity index (χ1n) is 8.84. The van der Waals surface area contributed by atoms with E-state index in [-0.39, 0.29) is 18.4 Å². The summed E-state index contributed by atoms with van der Waals surface area (Å²) >= 11 is 1.22. The van der Waals surface area contributed by atoms with Crippen molar-refractivity contribution in [2.45, 2.75) is 30.4 Å². The number of piperidine rings is 1. The van der Waals surface area contributed by atoms with Crippen molar-refractivity contribution in [2.24, 2.45) is 5.92 Å². The molecule has 1 aliphatic rings. The van der Waals surface area contributed by atoms with Gasteiger partial charge in [0.15, 0.2) is 0 Å². The molecule has 1 saturated heterocycles. The van der Waals surface area contributed by atoms with Gasteiger partial charge in [0, 0.05) is 19.6 Å². The number of hydrogen-bond acceptors (Lipinski definition) is 4. The van der Waals surface area contributed by atoms with Crippen LogP contribution in [0.25, 0.3) is 0 Å². The van der Waals surface area contributed by atoms with Crippen molar-refractivity contribution in [3.05, 3.63) is 52.9 Å². The van der Waals surface area contributed by atoms with E-state index in [1.54, 1.807) is 17.5 Å². The van der Waals surface area contributed by atoms with Gasteiger partial charge in [-0.1, -0.05) is 35.9 Å². The van der Waals surface area contributed by atoms with Crippen LogP contribution in [0.4, 0.5) is 0 Å². The van der Waals surface area contributed by atoms with E-state index in [9.17, 15) is 13.2 Å². The molecule has 0 saturated carbocycles. The molecule has 7 heteroatoms. The van der Waals surface area contributed by atoms with E-state index < -0.39 is 10.0 Å². The fourth-order valence-corrected chi connectivity index (χ4v) is 5.92. The maximum absolute atomic E-state index is 12.7. The lowest BCUT2D eigenvalue weighted by molar-refractivity contribution is -0.126. The molecule has 1 fully saturated rings. The highest BCUT2D eigenvalue weighted by molar-refractivity contribution is 7.91. The van der Waals surface area contributed by atoms with Crippen molar-refractivity contribution in [1.82, 2.24) is 9.62 Å². The van der Waals surface area contributed by atoms with Crippen molar-refractivity contribution in [1.29, 1.82) is 0 Å². The van der Waals surface area contributed by atoms with Gasteiger partial charge >= 0.3 is 0 Å². The highest BCUT2D eigenvalue weighted by atomic mass is 32.2. The number of benzene rings is 1. The van der Waals surface area contributed by atoms with Gasteiger partial charge in [-0.3, -0.25) is 4.79 Å². The lowest BCUT2D eigenvalue weighted by atomic mass is 9.98. The summed E-state index contributed by atoms with van der Waals surface area (Å²) in [5.41, 5.74) is 2.39. The summed E-state index contributed by atoms with van der Waals surface area (Å²) in [6.07, 6.45) is 2.21. The second kappa shape index (κ2) is 8.33. The number of amides is 1. The normalized spacial score (nSPS) is 18.6. The first-order chi connectivity index (χ1) is 12.5. The van der Waals surface area contributed by atoms with Crippen LogP contribution in [-0.4, -0.2) is 38.3 Å². The Hall–Kier alpha value is -1.70. The fraction of sp³-hybridized carbons (Fsp3) is 0.421. The smallest absolute Gasteiger partial charge is 0.252 e. The monoisotopic (exact) mass is 392 g/mol. The SMILES string of the molecule is Cc1cccc(CCNC(=O)[C@H]2CCCN(S(=O)(=O)c3cccs3)C2)c1. The number of thiophene rings is 1. The Morgan fingerprint density at radius 1 is 1.31 bits per heavy atom. The minimum Gasteiger partial charge on any atom is -0.355 e. The molecule has 0 aliphatic carbocycles. The highest BCUT2D eigenvalue weighted by Crippen LogP contribution is 2.26. The van der Waals surface area contributed by atoms with Gasteiger partial charge in [0.05, 0.1) is 5.92 Å². The zero-order valence-electron chi connectivity index (χ0n) is 14.8. The second-order valence-electron chi connectivity index (χ2n) is 6.66. The van der Waals surface area contributed by atoms with Crippen molar-refractivity contribution in [2.75, 3.05) is 19.6 Å². The summed E-state index contributed by atoms with van der Waals surface area (Å²) in [5.74, 6) is -0.334. The molecule has 0 spiro atoms. The molecule has 1 atom stereocenters. The molecule has 0 unspecified atom stereocenters. The standard InChI is InChI=1S/C19H24N2O3S2/c1-15-5-2-6-16(13-15)9-10-20-19(22)17-7-3-11-21(14-17)26(23,24)18-8-4-12-25-18/h2,4-6,8,12-13,17H,3,7,9-11,14H2,1H3,(H,20,22)/t17-/m0/s1. The molecule has 1 aromatic carbocycles. The molecule has 0 bridgehead atoms. The van der Waals surface area contributed by atoms with E-state index in [2.05, 4.69) is 17.4 Å². The third-order valence-electron chi connectivity index (χ3n) is 4.64. The Bertz CT molecular complexity index is 847. The van der Waals surface area contributed by atoms with Gasteiger partial charge in [-0.05, 0) is 43.2 Å². The van der Waals surface area contributed by atoms with Crippen LogP contribution in [0, 0.1) is 12.8 Å². The number of rotatable bonds is 6. The molecular formula is C19H24N2O3S2. The number of carbonyl (C=O) groups excluding carboxylic acids is 1. The average Bonchev–Trinajstić information content (AvgIpc) is 3.17. The quantitative estimate of drug-likeness (QED) is 0.822. The van der Waals surface area contributed by atoms with Crippen LogP contribution in [0.15, 0.2) is 46.0 Å². The maximum atomic E-state index is 12.7. The number of carbonyl (C=O) groups is 1. The predicted octanol–water partition coefficient (Wildman–Crippen LogP) is 2.82. The van der Waals surface area contributed by atoms with E-state index in [1.165, 1.54) is 26.8 Å². The minimum absolute atomic E-state index is 0.0521. The van der Waals surface area contributed by atoms with Gasteiger partial charge in [-0.25, -0.2) is 8.42 Å². The molecule has 1 aliphatic heterocycles. The van der Waals surface area contributed by atoms with Crippen LogP contribution in [0.5, 0.6) is 0 Å². The van der Waals surface area contributed by atoms with Gasteiger partial charge in [0.2, 0.25) is 5.91 Å². The zero-order chi connectivity index (χ0) is 18.6. The van der Waals surface area contributed by atoms with Crippen LogP contribution in [0.3, 0.4) is 0 Å². The lowest BCUT2D eigenvalue weighted by Gasteiger charge is -2.30. The molecule has 1 N–H and O–H groups in total. The maximum Gasteiger partial charge on any atom is 0.252 e. The molecule has 2 aromatic rings. The average molecular weight is 393 g/mol. The molecule has 3 rings (SSSR count). The summed E-state index contributed by atoms with van der Waals surface area (Å²) in [6, 6.07) is 11.6. The topological polar surface area (TPSA) is 66.5 Å². The summed E-state index contributed by atoms with van der Waals surface area (Å²) in [7, 11) is -3.48. The van der Waals surface area contributed by atoms with Gasteiger partial charge in [0.1, 0.15) is 4.21 Å². The van der Waals surface area contributed by atoms with Crippen LogP contribution >= 0.6 is 11.3 Å². The van der Waals surface area contributed by atoms with Gasteiger partial charge in [-0.2, -0.15) is 4.31 Å². The molecule has 2 heterocycles. The largest absolute Gasteiger partial charge is 0.355 e. The number of aryl methyl sites for hydroxylation is 1. The molecule has 0 radical (unpaired) electrons. The van der Waals surface area contributed by atoms with E-state index in [4.69, 9.17) is 0 Å². The number of sulfonamides is 1. The Morgan fingerprint density at radius 2 is 2.15 bits per heavy atom. The summed E-state index contributed by atoms with van der Waals surface area (Å²) in [4.78, 5) is 12.5. The van der Waals surface area contributed by atoms with E-state index in [0.29, 0.717) is 23.7 Å². The van der Waals surface area contributed by atoms with Crippen molar-refractivity contribution < 1.29 is 13.2 Å². The molecule has 1 amide bonds. The zero-order valence-corrected chi connectivity index (χ0v) is 16.5. The fourth-order valence-electron chi connectivity index (χ4n) is 3.25. The van der Waals surface area contributed by atoms with Crippen LogP contribution in [0.2, 0.25) is 0 Å². The van der Waals surface area contributed by atoms with Crippen LogP contribution in [0.1, 0.15) is 24.0 Å². The highest BCUT2D eigenvalue weighted by Gasteiger charge is 2.33. The van der Waals surface area contributed by atoms with Crippen LogP contribution in [-0.2, 0) is 21.2 Å². The van der Waals surface area contributed by atoms with Crippen molar-refractivity contribution in [3.63, 3.8) is 0 Å². The van der Waals surface area contributed by atoms with Gasteiger partial charge in [0.25, 0.3) is 10.0 Å². The number of hydrogen-bond donors (Lipinski definition) is 1. The summed E-state index contributed by atoms with van der Waals surface area (Å²) in [6.45, 7) is 3.35. The third kappa shape index (κ3) is 4.52. The Kier molecular flexibility index (Phi) is 6.11. The van der Waals surface area contributed by atoms with Gasteiger partial charge < -0.3 is 5.32 Å². The Labute approximate surface area is 159 Å². The second-order valence-corrected chi connectivity index (χ2v) is 9.78. The van der Waals surface area contributed by atoms with E-state index in [1.807, 2.05) is 19.1 Å². The summed E-state index contributed by atoms with van der Waals surface area (Å²) < 4.78 is 27.1. The van der Waals surface area contributed by atoms with Gasteiger partial charge in [-0.15, -0.1) is 11.3 Å².